The Morgan fingerprint density at radius 3 is 2.75 bits per heavy atom. The third-order valence-electron chi connectivity index (χ3n) is 3.83. The summed E-state index contributed by atoms with van der Waals surface area (Å²) in [6.07, 6.45) is 3.33. The molecule has 2 heterocycles. The number of methoxy groups -OCH3 is 1. The molecule has 24 heavy (non-hydrogen) atoms. The minimum Gasteiger partial charge on any atom is -0.383 e. The van der Waals surface area contributed by atoms with Gasteiger partial charge in [-0.3, -0.25) is 4.68 Å². The maximum Gasteiger partial charge on any atom is 0.163 e. The van der Waals surface area contributed by atoms with Gasteiger partial charge in [-0.15, -0.1) is 0 Å². The standard InChI is InChI=1S/C17H18N6O/c1-22-16-15(10-21-22)17(20-12-19-16)23(7-8-24-2)11-14-5-3-13(9-18)4-6-14/h3-6,10,12H,7-8,11H2,1-2H3. The van der Waals surface area contributed by atoms with Crippen molar-refractivity contribution in [3.63, 3.8) is 0 Å². The molecule has 0 fully saturated rings. The predicted molar refractivity (Wildman–Crippen MR) is 90.4 cm³/mol. The fourth-order valence-electron chi connectivity index (χ4n) is 2.57. The van der Waals surface area contributed by atoms with Crippen LogP contribution in [0.5, 0.6) is 0 Å². The van der Waals surface area contributed by atoms with Gasteiger partial charge in [0, 0.05) is 27.2 Å². The molecule has 0 saturated heterocycles. The molecule has 3 aromatic rings. The molecule has 0 unspecified atom stereocenters. The van der Waals surface area contributed by atoms with Gasteiger partial charge in [0.15, 0.2) is 5.65 Å². The van der Waals surface area contributed by atoms with Crippen molar-refractivity contribution in [1.29, 1.82) is 5.26 Å². The summed E-state index contributed by atoms with van der Waals surface area (Å²) in [6, 6.07) is 9.70. The van der Waals surface area contributed by atoms with E-state index < -0.39 is 0 Å². The molecule has 7 nitrogen and oxygen atoms in total. The van der Waals surface area contributed by atoms with Crippen LogP contribution in [0.4, 0.5) is 5.82 Å². The number of nitriles is 1. The van der Waals surface area contributed by atoms with Crippen molar-refractivity contribution in [1.82, 2.24) is 19.7 Å². The van der Waals surface area contributed by atoms with Crippen LogP contribution < -0.4 is 4.90 Å². The first-order chi connectivity index (χ1) is 11.7. The minimum absolute atomic E-state index is 0.585. The van der Waals surface area contributed by atoms with Crippen molar-refractivity contribution in [3.05, 3.63) is 47.9 Å². The predicted octanol–water partition coefficient (Wildman–Crippen LogP) is 1.89. The maximum absolute atomic E-state index is 8.92. The van der Waals surface area contributed by atoms with E-state index in [0.717, 1.165) is 22.4 Å². The van der Waals surface area contributed by atoms with Crippen LogP contribution in [0.15, 0.2) is 36.8 Å². The molecular weight excluding hydrogens is 304 g/mol. The Morgan fingerprint density at radius 2 is 2.04 bits per heavy atom. The Hall–Kier alpha value is -2.98. The van der Waals surface area contributed by atoms with Gasteiger partial charge in [0.05, 0.1) is 29.8 Å². The summed E-state index contributed by atoms with van der Waals surface area (Å²) in [4.78, 5) is 10.9. The van der Waals surface area contributed by atoms with E-state index in [1.165, 1.54) is 0 Å². The van der Waals surface area contributed by atoms with Crippen LogP contribution in [-0.4, -0.2) is 40.0 Å². The van der Waals surface area contributed by atoms with Crippen molar-refractivity contribution in [2.24, 2.45) is 7.05 Å². The molecule has 3 rings (SSSR count). The molecule has 0 radical (unpaired) electrons. The van der Waals surface area contributed by atoms with Gasteiger partial charge >= 0.3 is 0 Å². The summed E-state index contributed by atoms with van der Waals surface area (Å²) in [5.41, 5.74) is 2.54. The van der Waals surface area contributed by atoms with E-state index >= 15 is 0 Å². The molecule has 0 atom stereocenters. The summed E-state index contributed by atoms with van der Waals surface area (Å²) in [6.45, 7) is 1.94. The number of anilines is 1. The Bertz CT molecular complexity index is 865. The first-order valence-corrected chi connectivity index (χ1v) is 7.58. The molecule has 0 aliphatic rings. The number of rotatable bonds is 6. The molecule has 0 saturated carbocycles. The number of fused-ring (bicyclic) bond motifs is 1. The highest BCUT2D eigenvalue weighted by Crippen LogP contribution is 2.23. The summed E-state index contributed by atoms with van der Waals surface area (Å²) in [5.74, 6) is 0.828. The maximum atomic E-state index is 8.92. The molecule has 0 aliphatic carbocycles. The third-order valence-corrected chi connectivity index (χ3v) is 3.83. The van der Waals surface area contributed by atoms with E-state index in [9.17, 15) is 0 Å². The van der Waals surface area contributed by atoms with E-state index in [1.807, 2.05) is 31.3 Å². The molecule has 2 aromatic heterocycles. The first kappa shape index (κ1) is 15.9. The quantitative estimate of drug-likeness (QED) is 0.689. The SMILES string of the molecule is COCCN(Cc1ccc(C#N)cc1)c1ncnc2c1cnn2C. The van der Waals surface area contributed by atoms with Crippen LogP contribution in [0.1, 0.15) is 11.1 Å². The highest BCUT2D eigenvalue weighted by Gasteiger charge is 2.15. The number of aromatic nitrogens is 4. The molecule has 0 bridgehead atoms. The van der Waals surface area contributed by atoms with Crippen molar-refractivity contribution in [2.75, 3.05) is 25.2 Å². The molecule has 0 aliphatic heterocycles. The fraction of sp³-hybridized carbons (Fsp3) is 0.294. The number of hydrogen-bond donors (Lipinski definition) is 0. The van der Waals surface area contributed by atoms with E-state index in [1.54, 1.807) is 24.3 Å². The molecular formula is C17H18N6O. The largest absolute Gasteiger partial charge is 0.383 e. The molecule has 7 heteroatoms. The lowest BCUT2D eigenvalue weighted by molar-refractivity contribution is 0.205. The lowest BCUT2D eigenvalue weighted by Crippen LogP contribution is -2.27. The Kier molecular flexibility index (Phi) is 4.68. The van der Waals surface area contributed by atoms with Gasteiger partial charge in [-0.05, 0) is 17.7 Å². The van der Waals surface area contributed by atoms with E-state index in [0.29, 0.717) is 25.3 Å². The second-order valence-electron chi connectivity index (χ2n) is 5.43. The summed E-state index contributed by atoms with van der Waals surface area (Å²) in [5, 5.41) is 14.1. The van der Waals surface area contributed by atoms with Gasteiger partial charge in [-0.25, -0.2) is 9.97 Å². The zero-order valence-corrected chi connectivity index (χ0v) is 13.7. The van der Waals surface area contributed by atoms with Crippen molar-refractivity contribution in [2.45, 2.75) is 6.54 Å². The summed E-state index contributed by atoms with van der Waals surface area (Å²) < 4.78 is 6.97. The third kappa shape index (κ3) is 3.19. The van der Waals surface area contributed by atoms with E-state index in [-0.39, 0.29) is 0 Å². The fourth-order valence-corrected chi connectivity index (χ4v) is 2.57. The van der Waals surface area contributed by atoms with Crippen molar-refractivity contribution < 1.29 is 4.74 Å². The minimum atomic E-state index is 0.585. The van der Waals surface area contributed by atoms with E-state index in [2.05, 4.69) is 26.0 Å². The Labute approximate surface area is 140 Å². The molecule has 0 spiro atoms. The van der Waals surface area contributed by atoms with Crippen LogP contribution in [0.25, 0.3) is 11.0 Å². The van der Waals surface area contributed by atoms with Crippen LogP contribution >= 0.6 is 0 Å². The van der Waals surface area contributed by atoms with Gasteiger partial charge in [-0.2, -0.15) is 10.4 Å². The number of hydrogen-bond acceptors (Lipinski definition) is 6. The van der Waals surface area contributed by atoms with Gasteiger partial charge in [0.25, 0.3) is 0 Å². The molecule has 122 valence electrons. The average Bonchev–Trinajstić information content (AvgIpc) is 3.00. The average molecular weight is 322 g/mol. The normalized spacial score (nSPS) is 10.7. The van der Waals surface area contributed by atoms with Crippen LogP contribution in [0, 0.1) is 11.3 Å². The van der Waals surface area contributed by atoms with Crippen LogP contribution in [0.2, 0.25) is 0 Å². The zero-order chi connectivity index (χ0) is 16.9. The van der Waals surface area contributed by atoms with Crippen molar-refractivity contribution >= 4 is 16.9 Å². The first-order valence-electron chi connectivity index (χ1n) is 7.58. The summed E-state index contributed by atoms with van der Waals surface area (Å²) in [7, 11) is 3.54. The number of nitrogens with zero attached hydrogens (tertiary/aromatic N) is 6. The monoisotopic (exact) mass is 322 g/mol. The van der Waals surface area contributed by atoms with Gasteiger partial charge < -0.3 is 9.64 Å². The lowest BCUT2D eigenvalue weighted by Gasteiger charge is -2.24. The summed E-state index contributed by atoms with van der Waals surface area (Å²) >= 11 is 0. The Balaban J connectivity index is 1.94. The number of benzene rings is 1. The second kappa shape index (κ2) is 7.06. The lowest BCUT2D eigenvalue weighted by atomic mass is 10.1. The zero-order valence-electron chi connectivity index (χ0n) is 13.7. The number of aryl methyl sites for hydroxylation is 1. The van der Waals surface area contributed by atoms with Crippen LogP contribution in [0.3, 0.4) is 0 Å². The second-order valence-corrected chi connectivity index (χ2v) is 5.43. The molecule has 1 aromatic carbocycles. The Morgan fingerprint density at radius 1 is 1.25 bits per heavy atom. The van der Waals surface area contributed by atoms with E-state index in [4.69, 9.17) is 10.00 Å². The van der Waals surface area contributed by atoms with Gasteiger partial charge in [-0.1, -0.05) is 12.1 Å². The van der Waals surface area contributed by atoms with Crippen LogP contribution in [-0.2, 0) is 18.3 Å². The highest BCUT2D eigenvalue weighted by atomic mass is 16.5. The van der Waals surface area contributed by atoms with Gasteiger partial charge in [0.1, 0.15) is 12.1 Å². The van der Waals surface area contributed by atoms with Crippen molar-refractivity contribution in [3.8, 4) is 6.07 Å². The topological polar surface area (TPSA) is 79.9 Å². The smallest absolute Gasteiger partial charge is 0.163 e. The molecule has 0 amide bonds. The highest BCUT2D eigenvalue weighted by molar-refractivity contribution is 5.86. The molecule has 0 N–H and O–H groups in total. The van der Waals surface area contributed by atoms with Gasteiger partial charge in [0.2, 0.25) is 0 Å². The number of ether oxygens (including phenoxy) is 1.